The SMILES string of the molecule is CC(C)(C)[S@+]([O-])NC(c1cc(C(=N)N)cs1)C1CCCC1. The Labute approximate surface area is 134 Å². The smallest absolute Gasteiger partial charge is 0.136 e. The summed E-state index contributed by atoms with van der Waals surface area (Å²) in [6.07, 6.45) is 4.84. The monoisotopic (exact) mass is 327 g/mol. The zero-order valence-corrected chi connectivity index (χ0v) is 14.6. The maximum atomic E-state index is 12.5. The van der Waals surface area contributed by atoms with Crippen LogP contribution in [0.2, 0.25) is 0 Å². The molecule has 118 valence electrons. The maximum absolute atomic E-state index is 12.5. The molecule has 1 aliphatic carbocycles. The summed E-state index contributed by atoms with van der Waals surface area (Å²) in [5, 5.41) is 9.46. The Hall–Kier alpha value is -0.560. The molecule has 21 heavy (non-hydrogen) atoms. The molecule has 0 amide bonds. The van der Waals surface area contributed by atoms with Gasteiger partial charge in [0, 0.05) is 27.2 Å². The molecule has 1 heterocycles. The summed E-state index contributed by atoms with van der Waals surface area (Å²) < 4.78 is 15.5. The molecule has 0 bridgehead atoms. The van der Waals surface area contributed by atoms with E-state index < -0.39 is 11.4 Å². The Balaban J connectivity index is 2.20. The van der Waals surface area contributed by atoms with Gasteiger partial charge in [-0.05, 0) is 45.6 Å². The lowest BCUT2D eigenvalue weighted by molar-refractivity contribution is 0.410. The summed E-state index contributed by atoms with van der Waals surface area (Å²) >= 11 is 0.514. The fourth-order valence-corrected chi connectivity index (χ4v) is 4.66. The van der Waals surface area contributed by atoms with Gasteiger partial charge in [0.05, 0.1) is 6.04 Å². The number of nitrogen functional groups attached to an aromatic ring is 1. The Bertz CT molecular complexity index is 489. The summed E-state index contributed by atoms with van der Waals surface area (Å²) in [5.74, 6) is 0.620. The minimum absolute atomic E-state index is 0.0969. The maximum Gasteiger partial charge on any atom is 0.136 e. The number of nitrogens with one attached hydrogen (secondary N) is 2. The number of hydrogen-bond donors (Lipinski definition) is 3. The van der Waals surface area contributed by atoms with E-state index in [0.29, 0.717) is 5.92 Å². The van der Waals surface area contributed by atoms with Crippen LogP contribution in [0.15, 0.2) is 11.4 Å². The third-order valence-electron chi connectivity index (χ3n) is 3.90. The molecule has 0 aromatic carbocycles. The van der Waals surface area contributed by atoms with Gasteiger partial charge < -0.3 is 10.3 Å². The van der Waals surface area contributed by atoms with Crippen LogP contribution in [0.3, 0.4) is 0 Å². The molecule has 1 unspecified atom stereocenters. The third-order valence-corrected chi connectivity index (χ3v) is 6.49. The Kier molecular flexibility index (Phi) is 5.35. The van der Waals surface area contributed by atoms with Crippen molar-refractivity contribution in [2.45, 2.75) is 57.2 Å². The molecule has 2 rings (SSSR count). The van der Waals surface area contributed by atoms with Crippen molar-refractivity contribution >= 4 is 28.5 Å². The molecule has 1 saturated carbocycles. The van der Waals surface area contributed by atoms with Gasteiger partial charge in [-0.15, -0.1) is 16.1 Å². The zero-order chi connectivity index (χ0) is 15.6. The van der Waals surface area contributed by atoms with Gasteiger partial charge >= 0.3 is 0 Å². The van der Waals surface area contributed by atoms with Gasteiger partial charge in [0.2, 0.25) is 0 Å². The molecule has 4 N–H and O–H groups in total. The summed E-state index contributed by atoms with van der Waals surface area (Å²) in [6.45, 7) is 5.95. The van der Waals surface area contributed by atoms with Crippen molar-refractivity contribution in [2.24, 2.45) is 11.7 Å². The number of thiophene rings is 1. The van der Waals surface area contributed by atoms with Crippen molar-refractivity contribution in [1.29, 1.82) is 5.41 Å². The van der Waals surface area contributed by atoms with E-state index in [4.69, 9.17) is 11.1 Å². The highest BCUT2D eigenvalue weighted by Crippen LogP contribution is 2.39. The Morgan fingerprint density at radius 2 is 2.10 bits per heavy atom. The van der Waals surface area contributed by atoms with Gasteiger partial charge in [-0.3, -0.25) is 5.41 Å². The largest absolute Gasteiger partial charge is 0.598 e. The lowest BCUT2D eigenvalue weighted by Gasteiger charge is -2.30. The number of amidine groups is 1. The molecule has 1 aromatic heterocycles. The Morgan fingerprint density at radius 1 is 1.48 bits per heavy atom. The normalized spacial score (nSPS) is 19.6. The van der Waals surface area contributed by atoms with E-state index in [1.54, 1.807) is 11.3 Å². The Morgan fingerprint density at radius 3 is 2.57 bits per heavy atom. The molecule has 0 radical (unpaired) electrons. The van der Waals surface area contributed by atoms with Gasteiger partial charge in [0.1, 0.15) is 10.6 Å². The van der Waals surface area contributed by atoms with E-state index in [9.17, 15) is 4.55 Å². The van der Waals surface area contributed by atoms with Crippen molar-refractivity contribution in [3.8, 4) is 0 Å². The summed E-state index contributed by atoms with van der Waals surface area (Å²) in [5.41, 5.74) is 6.33. The van der Waals surface area contributed by atoms with Crippen LogP contribution in [0, 0.1) is 11.3 Å². The van der Waals surface area contributed by atoms with Crippen LogP contribution in [0.25, 0.3) is 0 Å². The van der Waals surface area contributed by atoms with Gasteiger partial charge in [-0.1, -0.05) is 12.8 Å². The summed E-state index contributed by atoms with van der Waals surface area (Å²) in [7, 11) is 0. The lowest BCUT2D eigenvalue weighted by atomic mass is 9.97. The van der Waals surface area contributed by atoms with Gasteiger partial charge in [-0.2, -0.15) is 0 Å². The molecular formula is C15H25N3OS2. The van der Waals surface area contributed by atoms with Crippen LogP contribution >= 0.6 is 11.3 Å². The average Bonchev–Trinajstić information content (AvgIpc) is 3.05. The van der Waals surface area contributed by atoms with E-state index in [1.807, 2.05) is 32.2 Å². The minimum atomic E-state index is -1.09. The highest BCUT2D eigenvalue weighted by molar-refractivity contribution is 7.90. The second-order valence-electron chi connectivity index (χ2n) is 6.67. The van der Waals surface area contributed by atoms with E-state index in [1.165, 1.54) is 25.7 Å². The predicted octanol–water partition coefficient (Wildman–Crippen LogP) is 3.32. The van der Waals surface area contributed by atoms with Gasteiger partial charge in [0.25, 0.3) is 0 Å². The van der Waals surface area contributed by atoms with Crippen LogP contribution in [-0.4, -0.2) is 15.1 Å². The van der Waals surface area contributed by atoms with E-state index in [-0.39, 0.29) is 16.6 Å². The lowest BCUT2D eigenvalue weighted by Crippen LogP contribution is -2.42. The predicted molar refractivity (Wildman–Crippen MR) is 91.1 cm³/mol. The van der Waals surface area contributed by atoms with Crippen LogP contribution in [0.5, 0.6) is 0 Å². The molecule has 6 heteroatoms. The third kappa shape index (κ3) is 4.22. The molecule has 1 fully saturated rings. The molecule has 1 aromatic rings. The molecule has 0 aliphatic heterocycles. The first-order chi connectivity index (χ1) is 9.79. The fourth-order valence-electron chi connectivity index (χ4n) is 2.63. The average molecular weight is 328 g/mol. The van der Waals surface area contributed by atoms with Crippen molar-refractivity contribution in [2.75, 3.05) is 0 Å². The van der Waals surface area contributed by atoms with Crippen LogP contribution < -0.4 is 10.5 Å². The van der Waals surface area contributed by atoms with Crippen LogP contribution in [-0.2, 0) is 11.4 Å². The fraction of sp³-hybridized carbons (Fsp3) is 0.667. The topological polar surface area (TPSA) is 85.0 Å². The minimum Gasteiger partial charge on any atom is -0.598 e. The zero-order valence-electron chi connectivity index (χ0n) is 12.9. The highest BCUT2D eigenvalue weighted by atomic mass is 32.2. The number of hydrogen-bond acceptors (Lipinski definition) is 4. The van der Waals surface area contributed by atoms with Gasteiger partial charge in [-0.25, -0.2) is 0 Å². The van der Waals surface area contributed by atoms with E-state index in [2.05, 4.69) is 4.72 Å². The number of nitrogens with two attached hydrogens (primary N) is 1. The number of rotatable bonds is 5. The van der Waals surface area contributed by atoms with Crippen molar-refractivity contribution < 1.29 is 4.55 Å². The molecule has 2 atom stereocenters. The van der Waals surface area contributed by atoms with Crippen LogP contribution in [0.4, 0.5) is 0 Å². The van der Waals surface area contributed by atoms with E-state index in [0.717, 1.165) is 10.4 Å². The molecule has 1 aliphatic rings. The standard InChI is InChI=1S/C15H25N3OS2/c1-15(2,3)21(19)18-13(10-6-4-5-7-10)12-8-11(9-20-12)14(16)17/h8-10,13,18H,4-7H2,1-3H3,(H3,16,17)/t13?,21-/m0/s1. The van der Waals surface area contributed by atoms with Crippen LogP contribution in [0.1, 0.15) is 62.9 Å². The molecule has 0 spiro atoms. The first-order valence-electron chi connectivity index (χ1n) is 7.40. The second kappa shape index (κ2) is 6.69. The van der Waals surface area contributed by atoms with Gasteiger partial charge in [0.15, 0.2) is 0 Å². The molecule has 0 saturated heterocycles. The first kappa shape index (κ1) is 16.8. The first-order valence-corrected chi connectivity index (χ1v) is 9.43. The molecular weight excluding hydrogens is 302 g/mol. The van der Waals surface area contributed by atoms with E-state index >= 15 is 0 Å². The summed E-state index contributed by atoms with van der Waals surface area (Å²) in [6, 6.07) is 2.08. The van der Waals surface area contributed by atoms with Crippen molar-refractivity contribution in [3.63, 3.8) is 0 Å². The highest BCUT2D eigenvalue weighted by Gasteiger charge is 2.35. The van der Waals surface area contributed by atoms with Crippen molar-refractivity contribution in [1.82, 2.24) is 4.72 Å². The second-order valence-corrected chi connectivity index (χ2v) is 9.61. The molecule has 4 nitrogen and oxygen atoms in total. The summed E-state index contributed by atoms with van der Waals surface area (Å²) in [4.78, 5) is 1.14. The van der Waals surface area contributed by atoms with Crippen molar-refractivity contribution in [3.05, 3.63) is 21.9 Å². The quantitative estimate of drug-likeness (QED) is 0.440.